The van der Waals surface area contributed by atoms with Crippen molar-refractivity contribution in [3.8, 4) is 0 Å². The molecule has 1 atom stereocenters. The minimum absolute atomic E-state index is 0.105. The molecule has 104 valence electrons. The van der Waals surface area contributed by atoms with Crippen LogP contribution in [-0.4, -0.2) is 5.91 Å². The van der Waals surface area contributed by atoms with Gasteiger partial charge in [-0.25, -0.2) is 4.39 Å². The third-order valence-electron chi connectivity index (χ3n) is 2.98. The molecule has 0 fully saturated rings. The average Bonchev–Trinajstić information content (AvgIpc) is 2.38. The van der Waals surface area contributed by atoms with Crippen LogP contribution in [0.25, 0.3) is 0 Å². The Balaban J connectivity index is 2.17. The molecule has 20 heavy (non-hydrogen) atoms. The largest absolute Gasteiger partial charge is 0.398 e. The summed E-state index contributed by atoms with van der Waals surface area (Å²) in [6.45, 7) is 1.82. The molecule has 2 aromatic rings. The van der Waals surface area contributed by atoms with Crippen molar-refractivity contribution in [3.63, 3.8) is 0 Å². The second-order valence-electron chi connectivity index (χ2n) is 4.45. The summed E-state index contributed by atoms with van der Waals surface area (Å²) < 4.78 is 13.0. The molecule has 1 unspecified atom stereocenters. The first-order valence-corrected chi connectivity index (χ1v) is 6.47. The highest BCUT2D eigenvalue weighted by atomic mass is 35.5. The summed E-state index contributed by atoms with van der Waals surface area (Å²) in [5, 5.41) is 3.36. The SMILES string of the molecule is CC(NC(=O)c1ccc(F)cc1N)c1ccccc1Cl. The molecule has 0 spiro atoms. The number of halogens is 2. The third-order valence-corrected chi connectivity index (χ3v) is 3.32. The van der Waals surface area contributed by atoms with Crippen LogP contribution in [0.5, 0.6) is 0 Å². The van der Waals surface area contributed by atoms with E-state index in [1.54, 1.807) is 6.07 Å². The summed E-state index contributed by atoms with van der Waals surface area (Å²) >= 11 is 6.08. The molecule has 0 aliphatic heterocycles. The van der Waals surface area contributed by atoms with Gasteiger partial charge in [-0.2, -0.15) is 0 Å². The van der Waals surface area contributed by atoms with Crippen molar-refractivity contribution >= 4 is 23.2 Å². The summed E-state index contributed by atoms with van der Waals surface area (Å²) in [5.41, 5.74) is 6.79. The maximum atomic E-state index is 13.0. The number of anilines is 1. The monoisotopic (exact) mass is 292 g/mol. The smallest absolute Gasteiger partial charge is 0.253 e. The van der Waals surface area contributed by atoms with E-state index in [2.05, 4.69) is 5.32 Å². The van der Waals surface area contributed by atoms with Gasteiger partial charge >= 0.3 is 0 Å². The van der Waals surface area contributed by atoms with Gasteiger partial charge in [0.05, 0.1) is 11.6 Å². The highest BCUT2D eigenvalue weighted by Gasteiger charge is 2.15. The number of carbonyl (C=O) groups excluding carboxylic acids is 1. The van der Waals surface area contributed by atoms with E-state index < -0.39 is 5.82 Å². The van der Waals surface area contributed by atoms with E-state index >= 15 is 0 Å². The molecule has 0 radical (unpaired) electrons. The van der Waals surface area contributed by atoms with Crippen molar-refractivity contribution in [2.45, 2.75) is 13.0 Å². The van der Waals surface area contributed by atoms with Crippen LogP contribution in [0.2, 0.25) is 5.02 Å². The Bertz CT molecular complexity index is 646. The number of hydrogen-bond donors (Lipinski definition) is 2. The van der Waals surface area contributed by atoms with Crippen LogP contribution in [0.15, 0.2) is 42.5 Å². The number of nitrogen functional groups attached to an aromatic ring is 1. The number of nitrogens with one attached hydrogen (secondary N) is 1. The molecule has 0 aliphatic carbocycles. The van der Waals surface area contributed by atoms with E-state index in [-0.39, 0.29) is 23.2 Å². The summed E-state index contributed by atoms with van der Waals surface area (Å²) in [4.78, 5) is 12.1. The van der Waals surface area contributed by atoms with Crippen molar-refractivity contribution < 1.29 is 9.18 Å². The number of carbonyl (C=O) groups is 1. The Kier molecular flexibility index (Phi) is 4.25. The fourth-order valence-corrected chi connectivity index (χ4v) is 2.22. The van der Waals surface area contributed by atoms with Gasteiger partial charge in [0.25, 0.3) is 5.91 Å². The molecule has 3 nitrogen and oxygen atoms in total. The van der Waals surface area contributed by atoms with E-state index in [0.29, 0.717) is 5.02 Å². The lowest BCUT2D eigenvalue weighted by molar-refractivity contribution is 0.0941. The topological polar surface area (TPSA) is 55.1 Å². The number of benzene rings is 2. The molecule has 3 N–H and O–H groups in total. The normalized spacial score (nSPS) is 11.9. The first-order chi connectivity index (χ1) is 9.49. The lowest BCUT2D eigenvalue weighted by atomic mass is 10.1. The number of nitrogens with two attached hydrogens (primary N) is 1. The van der Waals surface area contributed by atoms with Crippen LogP contribution in [0.1, 0.15) is 28.9 Å². The van der Waals surface area contributed by atoms with Crippen LogP contribution in [0, 0.1) is 5.82 Å². The maximum absolute atomic E-state index is 13.0. The Labute approximate surface area is 121 Å². The van der Waals surface area contributed by atoms with Gasteiger partial charge in [0.2, 0.25) is 0 Å². The third kappa shape index (κ3) is 3.08. The molecular formula is C15H14ClFN2O. The van der Waals surface area contributed by atoms with Crippen molar-refractivity contribution in [1.29, 1.82) is 0 Å². The van der Waals surface area contributed by atoms with Gasteiger partial charge in [-0.3, -0.25) is 4.79 Å². The van der Waals surface area contributed by atoms with Crippen LogP contribution in [0.3, 0.4) is 0 Å². The average molecular weight is 293 g/mol. The lowest BCUT2D eigenvalue weighted by Gasteiger charge is -2.16. The standard InChI is InChI=1S/C15H14ClFN2O/c1-9(11-4-2-3-5-13(11)16)19-15(20)12-7-6-10(17)8-14(12)18/h2-9H,18H2,1H3,(H,19,20). The maximum Gasteiger partial charge on any atom is 0.253 e. The minimum atomic E-state index is -0.474. The van der Waals surface area contributed by atoms with Crippen LogP contribution >= 0.6 is 11.6 Å². The zero-order valence-electron chi connectivity index (χ0n) is 10.9. The summed E-state index contributed by atoms with van der Waals surface area (Å²) in [6, 6.07) is 10.7. The van der Waals surface area contributed by atoms with E-state index in [9.17, 15) is 9.18 Å². The zero-order chi connectivity index (χ0) is 14.7. The Morgan fingerprint density at radius 1 is 1.30 bits per heavy atom. The molecule has 5 heteroatoms. The molecule has 2 aromatic carbocycles. The first-order valence-electron chi connectivity index (χ1n) is 6.09. The fourth-order valence-electron chi connectivity index (χ4n) is 1.92. The van der Waals surface area contributed by atoms with Gasteiger partial charge in [0.1, 0.15) is 5.82 Å². The quantitative estimate of drug-likeness (QED) is 0.850. The Morgan fingerprint density at radius 3 is 2.65 bits per heavy atom. The van der Waals surface area contributed by atoms with Crippen molar-refractivity contribution in [2.24, 2.45) is 0 Å². The first kappa shape index (κ1) is 14.3. The summed E-state index contributed by atoms with van der Waals surface area (Å²) in [5.74, 6) is -0.840. The van der Waals surface area contributed by atoms with Crippen molar-refractivity contribution in [2.75, 3.05) is 5.73 Å². The molecule has 0 aliphatic rings. The van der Waals surface area contributed by atoms with Gasteiger partial charge < -0.3 is 11.1 Å². The van der Waals surface area contributed by atoms with E-state index in [1.165, 1.54) is 12.1 Å². The number of hydrogen-bond acceptors (Lipinski definition) is 2. The predicted molar refractivity (Wildman–Crippen MR) is 78.1 cm³/mol. The lowest BCUT2D eigenvalue weighted by Crippen LogP contribution is -2.27. The summed E-state index contributed by atoms with van der Waals surface area (Å²) in [7, 11) is 0. The Morgan fingerprint density at radius 2 is 2.00 bits per heavy atom. The van der Waals surface area contributed by atoms with E-state index in [0.717, 1.165) is 11.6 Å². The summed E-state index contributed by atoms with van der Waals surface area (Å²) in [6.07, 6.45) is 0. The molecule has 0 heterocycles. The van der Waals surface area contributed by atoms with Gasteiger partial charge in [-0.05, 0) is 36.8 Å². The van der Waals surface area contributed by atoms with E-state index in [1.807, 2.05) is 25.1 Å². The van der Waals surface area contributed by atoms with Crippen LogP contribution in [0.4, 0.5) is 10.1 Å². The van der Waals surface area contributed by atoms with Gasteiger partial charge in [0, 0.05) is 10.7 Å². The van der Waals surface area contributed by atoms with Crippen LogP contribution < -0.4 is 11.1 Å². The molecule has 1 amide bonds. The Hall–Kier alpha value is -2.07. The van der Waals surface area contributed by atoms with Gasteiger partial charge in [-0.15, -0.1) is 0 Å². The second-order valence-corrected chi connectivity index (χ2v) is 4.86. The van der Waals surface area contributed by atoms with E-state index in [4.69, 9.17) is 17.3 Å². The highest BCUT2D eigenvalue weighted by Crippen LogP contribution is 2.23. The fraction of sp³-hybridized carbons (Fsp3) is 0.133. The molecule has 0 saturated carbocycles. The van der Waals surface area contributed by atoms with Gasteiger partial charge in [-0.1, -0.05) is 29.8 Å². The van der Waals surface area contributed by atoms with Gasteiger partial charge in [0.15, 0.2) is 0 Å². The number of amides is 1. The number of rotatable bonds is 3. The highest BCUT2D eigenvalue weighted by molar-refractivity contribution is 6.31. The molecule has 0 saturated heterocycles. The van der Waals surface area contributed by atoms with Crippen LogP contribution in [-0.2, 0) is 0 Å². The van der Waals surface area contributed by atoms with Crippen molar-refractivity contribution in [1.82, 2.24) is 5.32 Å². The molecule has 2 rings (SSSR count). The molecular weight excluding hydrogens is 279 g/mol. The zero-order valence-corrected chi connectivity index (χ0v) is 11.6. The molecule has 0 bridgehead atoms. The minimum Gasteiger partial charge on any atom is -0.398 e. The predicted octanol–water partition coefficient (Wildman–Crippen LogP) is 3.55. The second kappa shape index (κ2) is 5.92. The van der Waals surface area contributed by atoms with Crippen molar-refractivity contribution in [3.05, 3.63) is 64.4 Å². The molecule has 0 aromatic heterocycles.